The molecule has 1 fully saturated rings. The topological polar surface area (TPSA) is 101 Å². The van der Waals surface area contributed by atoms with Crippen molar-refractivity contribution in [3.05, 3.63) is 28.9 Å². The summed E-state index contributed by atoms with van der Waals surface area (Å²) in [4.78, 5) is 38.0. The Bertz CT molecular complexity index is 569. The molecule has 1 aliphatic carbocycles. The van der Waals surface area contributed by atoms with Gasteiger partial charge >= 0.3 is 11.7 Å². The molecule has 0 spiro atoms. The normalized spacial score (nSPS) is 21.7. The van der Waals surface area contributed by atoms with Crippen LogP contribution < -0.4 is 11.0 Å². The van der Waals surface area contributed by atoms with E-state index < -0.39 is 11.7 Å². The molecule has 1 saturated carbocycles. The zero-order valence-corrected chi connectivity index (χ0v) is 11.7. The number of carbonyl (C=O) groups is 2. The zero-order valence-electron chi connectivity index (χ0n) is 11.7. The van der Waals surface area contributed by atoms with E-state index in [9.17, 15) is 19.5 Å². The summed E-state index contributed by atoms with van der Waals surface area (Å²) in [6.07, 6.45) is 6.26. The summed E-state index contributed by atoms with van der Waals surface area (Å²) in [5.74, 6) is -1.52. The number of amides is 1. The van der Waals surface area contributed by atoms with Crippen LogP contribution in [0.25, 0.3) is 0 Å². The number of hydrogen-bond acceptors (Lipinski definition) is 4. The Morgan fingerprint density at radius 3 is 2.86 bits per heavy atom. The monoisotopic (exact) mass is 293 g/mol. The molecule has 0 aliphatic heterocycles. The second kappa shape index (κ2) is 7.01. The van der Waals surface area contributed by atoms with Gasteiger partial charge in [0.25, 0.3) is 0 Å². The molecule has 0 bridgehead atoms. The average molecular weight is 293 g/mol. The van der Waals surface area contributed by atoms with E-state index in [0.29, 0.717) is 13.0 Å². The number of aromatic nitrogens is 2. The molecule has 21 heavy (non-hydrogen) atoms. The molecule has 1 aromatic heterocycles. The molecule has 2 atom stereocenters. The fourth-order valence-corrected chi connectivity index (χ4v) is 2.74. The van der Waals surface area contributed by atoms with Crippen molar-refractivity contribution in [2.24, 2.45) is 11.8 Å². The summed E-state index contributed by atoms with van der Waals surface area (Å²) >= 11 is 0. The van der Waals surface area contributed by atoms with Gasteiger partial charge in [0.2, 0.25) is 5.91 Å². The minimum Gasteiger partial charge on any atom is -0.481 e. The summed E-state index contributed by atoms with van der Waals surface area (Å²) in [5.41, 5.74) is -0.478. The van der Waals surface area contributed by atoms with Gasteiger partial charge in [-0.05, 0) is 24.8 Å². The third kappa shape index (κ3) is 4.14. The third-order valence-corrected chi connectivity index (χ3v) is 3.88. The van der Waals surface area contributed by atoms with E-state index >= 15 is 0 Å². The Hall–Kier alpha value is -2.18. The van der Waals surface area contributed by atoms with Crippen LogP contribution in [0.5, 0.6) is 0 Å². The zero-order chi connectivity index (χ0) is 15.2. The van der Waals surface area contributed by atoms with Gasteiger partial charge in [0.15, 0.2) is 0 Å². The number of hydrogen-bond donors (Lipinski definition) is 2. The highest BCUT2D eigenvalue weighted by Crippen LogP contribution is 2.29. The van der Waals surface area contributed by atoms with Crippen LogP contribution in [-0.2, 0) is 16.1 Å². The van der Waals surface area contributed by atoms with Crippen LogP contribution in [0, 0.1) is 11.8 Å². The molecule has 1 aliphatic rings. The molecule has 1 aromatic rings. The maximum atomic E-state index is 11.8. The molecule has 0 aromatic carbocycles. The van der Waals surface area contributed by atoms with E-state index in [0.717, 1.165) is 19.3 Å². The second-order valence-corrected chi connectivity index (χ2v) is 5.32. The highest BCUT2D eigenvalue weighted by molar-refractivity contribution is 5.76. The van der Waals surface area contributed by atoms with Gasteiger partial charge in [0, 0.05) is 18.9 Å². The first-order valence-corrected chi connectivity index (χ1v) is 7.09. The fourth-order valence-electron chi connectivity index (χ4n) is 2.74. The first-order valence-electron chi connectivity index (χ1n) is 7.09. The molecule has 7 heteroatoms. The van der Waals surface area contributed by atoms with Crippen molar-refractivity contribution >= 4 is 11.9 Å². The smallest absolute Gasteiger partial charge is 0.347 e. The maximum Gasteiger partial charge on any atom is 0.347 e. The Morgan fingerprint density at radius 1 is 1.38 bits per heavy atom. The van der Waals surface area contributed by atoms with Crippen molar-refractivity contribution in [2.45, 2.75) is 32.2 Å². The average Bonchev–Trinajstić information content (AvgIpc) is 2.48. The lowest BCUT2D eigenvalue weighted by Gasteiger charge is -2.28. The lowest BCUT2D eigenvalue weighted by atomic mass is 9.79. The largest absolute Gasteiger partial charge is 0.481 e. The molecule has 1 amide bonds. The highest BCUT2D eigenvalue weighted by atomic mass is 16.4. The van der Waals surface area contributed by atoms with Gasteiger partial charge in [-0.1, -0.05) is 12.8 Å². The molecule has 0 radical (unpaired) electrons. The Kier molecular flexibility index (Phi) is 5.08. The van der Waals surface area contributed by atoms with Crippen LogP contribution >= 0.6 is 0 Å². The van der Waals surface area contributed by atoms with Crippen LogP contribution in [0.3, 0.4) is 0 Å². The number of rotatable bonds is 5. The van der Waals surface area contributed by atoms with Gasteiger partial charge in [-0.3, -0.25) is 14.2 Å². The lowest BCUT2D eigenvalue weighted by molar-refractivity contribution is -0.145. The first-order chi connectivity index (χ1) is 10.1. The number of nitrogens with one attached hydrogen (secondary N) is 1. The van der Waals surface area contributed by atoms with Crippen LogP contribution in [-0.4, -0.2) is 33.1 Å². The van der Waals surface area contributed by atoms with E-state index in [1.807, 2.05) is 0 Å². The molecule has 2 N–H and O–H groups in total. The lowest BCUT2D eigenvalue weighted by Crippen LogP contribution is -2.39. The van der Waals surface area contributed by atoms with Gasteiger partial charge in [-0.25, -0.2) is 9.78 Å². The van der Waals surface area contributed by atoms with Crippen LogP contribution in [0.4, 0.5) is 0 Å². The quantitative estimate of drug-likeness (QED) is 0.810. The van der Waals surface area contributed by atoms with Crippen LogP contribution in [0.2, 0.25) is 0 Å². The first kappa shape index (κ1) is 15.2. The molecule has 2 unspecified atom stereocenters. The van der Waals surface area contributed by atoms with Crippen molar-refractivity contribution < 1.29 is 14.7 Å². The molecule has 0 saturated heterocycles. The second-order valence-electron chi connectivity index (χ2n) is 5.32. The maximum absolute atomic E-state index is 11.8. The van der Waals surface area contributed by atoms with E-state index in [-0.39, 0.29) is 24.3 Å². The van der Waals surface area contributed by atoms with E-state index in [2.05, 4.69) is 10.3 Å². The minimum absolute atomic E-state index is 0.0363. The molecule has 1 heterocycles. The van der Waals surface area contributed by atoms with E-state index in [1.165, 1.54) is 17.0 Å². The predicted molar refractivity (Wildman–Crippen MR) is 74.6 cm³/mol. The Balaban J connectivity index is 1.87. The number of carbonyl (C=O) groups excluding carboxylic acids is 1. The minimum atomic E-state index is -0.794. The summed E-state index contributed by atoms with van der Waals surface area (Å²) in [6.45, 7) is 0.238. The van der Waals surface area contributed by atoms with Gasteiger partial charge in [-0.15, -0.1) is 0 Å². The molecular formula is C14H19N3O4. The number of nitrogens with zero attached hydrogens (tertiary/aromatic N) is 2. The fraction of sp³-hybridized carbons (Fsp3) is 0.571. The van der Waals surface area contributed by atoms with Gasteiger partial charge in [0.05, 0.1) is 5.92 Å². The van der Waals surface area contributed by atoms with Gasteiger partial charge in [-0.2, -0.15) is 0 Å². The summed E-state index contributed by atoms with van der Waals surface area (Å²) in [5, 5.41) is 11.9. The van der Waals surface area contributed by atoms with Crippen molar-refractivity contribution in [1.82, 2.24) is 14.9 Å². The Morgan fingerprint density at radius 2 is 2.14 bits per heavy atom. The molecular weight excluding hydrogens is 274 g/mol. The van der Waals surface area contributed by atoms with E-state index in [1.54, 1.807) is 6.07 Å². The molecule has 7 nitrogen and oxygen atoms in total. The van der Waals surface area contributed by atoms with Crippen LogP contribution in [0.15, 0.2) is 23.3 Å². The van der Waals surface area contributed by atoms with Crippen molar-refractivity contribution in [3.63, 3.8) is 0 Å². The summed E-state index contributed by atoms with van der Waals surface area (Å²) < 4.78 is 1.21. The third-order valence-electron chi connectivity index (χ3n) is 3.88. The molecule has 114 valence electrons. The van der Waals surface area contributed by atoms with Crippen LogP contribution in [0.1, 0.15) is 25.7 Å². The van der Waals surface area contributed by atoms with Crippen molar-refractivity contribution in [1.29, 1.82) is 0 Å². The highest BCUT2D eigenvalue weighted by Gasteiger charge is 2.30. The summed E-state index contributed by atoms with van der Waals surface area (Å²) in [7, 11) is 0. The molecule has 2 rings (SSSR count). The van der Waals surface area contributed by atoms with Crippen molar-refractivity contribution in [2.75, 3.05) is 6.54 Å². The standard InChI is InChI=1S/C14H19N3O4/c18-12(9-17-7-3-6-15-14(17)21)16-8-10-4-1-2-5-11(10)13(19)20/h3,6-7,10-11H,1-2,4-5,8-9H2,(H,16,18)(H,19,20). The van der Waals surface area contributed by atoms with Gasteiger partial charge in [0.1, 0.15) is 6.54 Å². The van der Waals surface area contributed by atoms with E-state index in [4.69, 9.17) is 0 Å². The number of carboxylic acid groups (broad SMARTS) is 1. The van der Waals surface area contributed by atoms with Crippen molar-refractivity contribution in [3.8, 4) is 0 Å². The number of carboxylic acids is 1. The predicted octanol–water partition coefficient (Wildman–Crippen LogP) is 0.250. The summed E-state index contributed by atoms with van der Waals surface area (Å²) in [6, 6.07) is 1.58. The number of aliphatic carboxylic acids is 1. The van der Waals surface area contributed by atoms with Gasteiger partial charge < -0.3 is 10.4 Å². The Labute approximate surface area is 122 Å². The SMILES string of the molecule is O=C(Cn1cccnc1=O)NCC1CCCCC1C(=O)O.